The summed E-state index contributed by atoms with van der Waals surface area (Å²) in [5.74, 6) is -0.927. The van der Waals surface area contributed by atoms with Crippen LogP contribution < -0.4 is 0 Å². The van der Waals surface area contributed by atoms with Crippen LogP contribution in [0.25, 0.3) is 10.9 Å². The number of para-hydroxylation sites is 1. The Morgan fingerprint density at radius 3 is 2.77 bits per heavy atom. The quantitative estimate of drug-likeness (QED) is 0.804. The van der Waals surface area contributed by atoms with Gasteiger partial charge in [0.1, 0.15) is 0 Å². The van der Waals surface area contributed by atoms with Gasteiger partial charge < -0.3 is 10.1 Å². The van der Waals surface area contributed by atoms with E-state index in [1.54, 1.807) is 6.07 Å². The molecular formula is C9H6BrNO2. The number of benzene rings is 1. The summed E-state index contributed by atoms with van der Waals surface area (Å²) in [5, 5.41) is 9.63. The van der Waals surface area contributed by atoms with Crippen molar-refractivity contribution >= 4 is 32.8 Å². The van der Waals surface area contributed by atoms with Gasteiger partial charge in [-0.05, 0) is 22.0 Å². The van der Waals surface area contributed by atoms with Crippen molar-refractivity contribution in [3.63, 3.8) is 0 Å². The summed E-state index contributed by atoms with van der Waals surface area (Å²) in [6.45, 7) is 0. The van der Waals surface area contributed by atoms with Gasteiger partial charge in [0.2, 0.25) is 0 Å². The molecule has 1 aromatic carbocycles. The van der Waals surface area contributed by atoms with E-state index in [1.165, 1.54) is 0 Å². The van der Waals surface area contributed by atoms with E-state index < -0.39 is 5.97 Å². The minimum Gasteiger partial charge on any atom is -0.478 e. The van der Waals surface area contributed by atoms with Crippen molar-refractivity contribution in [1.29, 1.82) is 0 Å². The molecule has 0 saturated heterocycles. The molecule has 0 aliphatic heterocycles. The van der Waals surface area contributed by atoms with Gasteiger partial charge in [-0.1, -0.05) is 18.2 Å². The molecule has 0 aliphatic carbocycles. The fourth-order valence-corrected chi connectivity index (χ4v) is 1.91. The lowest BCUT2D eigenvalue weighted by Gasteiger charge is -1.90. The summed E-state index contributed by atoms with van der Waals surface area (Å²) in [5.41, 5.74) is 1.11. The fraction of sp³-hybridized carbons (Fsp3) is 0. The topological polar surface area (TPSA) is 53.1 Å². The molecule has 2 rings (SSSR count). The largest absolute Gasteiger partial charge is 0.478 e. The van der Waals surface area contributed by atoms with Crippen LogP contribution in [-0.4, -0.2) is 16.1 Å². The summed E-state index contributed by atoms with van der Waals surface area (Å²) in [4.78, 5) is 13.8. The number of carboxylic acids is 1. The van der Waals surface area contributed by atoms with E-state index in [-0.39, 0.29) is 5.56 Å². The second-order valence-electron chi connectivity index (χ2n) is 2.66. The molecule has 2 aromatic rings. The maximum atomic E-state index is 10.8. The summed E-state index contributed by atoms with van der Waals surface area (Å²) in [6, 6.07) is 7.29. The molecule has 0 atom stereocenters. The van der Waals surface area contributed by atoms with Crippen LogP contribution >= 0.6 is 15.9 Å². The molecule has 1 heterocycles. The summed E-state index contributed by atoms with van der Waals surface area (Å²) >= 11 is 3.17. The Balaban J connectivity index is 2.86. The average molecular weight is 240 g/mol. The second kappa shape index (κ2) is 2.88. The number of carboxylic acid groups (broad SMARTS) is 1. The smallest absolute Gasteiger partial charge is 0.339 e. The number of rotatable bonds is 1. The number of halogens is 1. The Bertz CT molecular complexity index is 475. The molecule has 1 aromatic heterocycles. The zero-order valence-corrected chi connectivity index (χ0v) is 8.13. The van der Waals surface area contributed by atoms with E-state index in [9.17, 15) is 4.79 Å². The lowest BCUT2D eigenvalue weighted by Crippen LogP contribution is -1.94. The normalized spacial score (nSPS) is 10.5. The van der Waals surface area contributed by atoms with Crippen molar-refractivity contribution < 1.29 is 9.90 Å². The van der Waals surface area contributed by atoms with Crippen LogP contribution in [0.5, 0.6) is 0 Å². The van der Waals surface area contributed by atoms with E-state index in [1.807, 2.05) is 18.2 Å². The van der Waals surface area contributed by atoms with Gasteiger partial charge in [-0.15, -0.1) is 0 Å². The van der Waals surface area contributed by atoms with Crippen LogP contribution in [0.2, 0.25) is 0 Å². The Hall–Kier alpha value is -1.29. The van der Waals surface area contributed by atoms with Crippen LogP contribution in [0, 0.1) is 0 Å². The van der Waals surface area contributed by atoms with Crippen molar-refractivity contribution in [1.82, 2.24) is 4.98 Å². The number of aromatic nitrogens is 1. The highest BCUT2D eigenvalue weighted by Crippen LogP contribution is 2.25. The van der Waals surface area contributed by atoms with E-state index in [0.717, 1.165) is 10.9 Å². The number of fused-ring (bicyclic) bond motifs is 1. The first-order chi connectivity index (χ1) is 6.20. The molecule has 0 saturated carbocycles. The Labute approximate surface area is 82.5 Å². The molecule has 0 amide bonds. The van der Waals surface area contributed by atoms with Crippen LogP contribution in [0.1, 0.15) is 10.4 Å². The monoisotopic (exact) mass is 239 g/mol. The van der Waals surface area contributed by atoms with Crippen molar-refractivity contribution in [3.8, 4) is 0 Å². The first-order valence-electron chi connectivity index (χ1n) is 3.69. The highest BCUT2D eigenvalue weighted by atomic mass is 79.9. The predicted molar refractivity (Wildman–Crippen MR) is 53.0 cm³/mol. The number of carbonyl (C=O) groups is 1. The number of nitrogens with one attached hydrogen (secondary N) is 1. The van der Waals surface area contributed by atoms with Crippen LogP contribution in [-0.2, 0) is 0 Å². The maximum absolute atomic E-state index is 10.8. The Kier molecular flexibility index (Phi) is 1.84. The highest BCUT2D eigenvalue weighted by molar-refractivity contribution is 9.10. The molecule has 0 bridgehead atoms. The number of aromatic amines is 1. The van der Waals surface area contributed by atoms with Gasteiger partial charge in [0.05, 0.1) is 10.2 Å². The first-order valence-corrected chi connectivity index (χ1v) is 4.49. The van der Waals surface area contributed by atoms with Crippen LogP contribution in [0.15, 0.2) is 28.9 Å². The van der Waals surface area contributed by atoms with Crippen molar-refractivity contribution in [2.45, 2.75) is 0 Å². The molecule has 2 N–H and O–H groups in total. The van der Waals surface area contributed by atoms with E-state index in [2.05, 4.69) is 20.9 Å². The van der Waals surface area contributed by atoms with Crippen molar-refractivity contribution in [2.75, 3.05) is 0 Å². The second-order valence-corrected chi connectivity index (χ2v) is 3.46. The molecular weight excluding hydrogens is 234 g/mol. The van der Waals surface area contributed by atoms with Crippen LogP contribution in [0.4, 0.5) is 0 Å². The summed E-state index contributed by atoms with van der Waals surface area (Å²) in [7, 11) is 0. The number of aromatic carboxylic acids is 1. The molecule has 0 spiro atoms. The van der Waals surface area contributed by atoms with Crippen molar-refractivity contribution in [2.24, 2.45) is 0 Å². The molecule has 3 nitrogen and oxygen atoms in total. The third-order valence-electron chi connectivity index (χ3n) is 1.87. The highest BCUT2D eigenvalue weighted by Gasteiger charge is 2.14. The first kappa shape index (κ1) is 8.31. The molecule has 66 valence electrons. The van der Waals surface area contributed by atoms with Gasteiger partial charge in [0.25, 0.3) is 0 Å². The standard InChI is InChI=1S/C9H6BrNO2/c10-8-7(9(12)13)5-3-1-2-4-6(5)11-8/h1-4,11H,(H,12,13). The molecule has 0 aliphatic rings. The zero-order valence-electron chi connectivity index (χ0n) is 6.54. The molecule has 0 fully saturated rings. The molecule has 0 unspecified atom stereocenters. The Morgan fingerprint density at radius 2 is 2.08 bits per heavy atom. The van der Waals surface area contributed by atoms with Gasteiger partial charge in [-0.25, -0.2) is 4.79 Å². The summed E-state index contributed by atoms with van der Waals surface area (Å²) < 4.78 is 0.515. The van der Waals surface area contributed by atoms with Crippen molar-refractivity contribution in [3.05, 3.63) is 34.4 Å². The molecule has 0 radical (unpaired) electrons. The molecule has 13 heavy (non-hydrogen) atoms. The minimum absolute atomic E-state index is 0.288. The number of hydrogen-bond acceptors (Lipinski definition) is 1. The zero-order chi connectivity index (χ0) is 9.42. The van der Waals surface area contributed by atoms with Crippen LogP contribution in [0.3, 0.4) is 0 Å². The summed E-state index contributed by atoms with van der Waals surface area (Å²) in [6.07, 6.45) is 0. The van der Waals surface area contributed by atoms with Gasteiger partial charge in [-0.3, -0.25) is 0 Å². The third kappa shape index (κ3) is 1.23. The average Bonchev–Trinajstić information content (AvgIpc) is 2.39. The SMILES string of the molecule is O=C(O)c1c(Br)[nH]c2ccccc12. The lowest BCUT2D eigenvalue weighted by molar-refractivity contribution is 0.0698. The third-order valence-corrected chi connectivity index (χ3v) is 2.47. The molecule has 4 heteroatoms. The van der Waals surface area contributed by atoms with Gasteiger partial charge in [0.15, 0.2) is 0 Å². The van der Waals surface area contributed by atoms with Gasteiger partial charge >= 0.3 is 5.97 Å². The van der Waals surface area contributed by atoms with Gasteiger partial charge in [-0.2, -0.15) is 0 Å². The lowest BCUT2D eigenvalue weighted by atomic mass is 10.2. The maximum Gasteiger partial charge on any atom is 0.339 e. The van der Waals surface area contributed by atoms with E-state index in [4.69, 9.17) is 5.11 Å². The minimum atomic E-state index is -0.927. The van der Waals surface area contributed by atoms with E-state index >= 15 is 0 Å². The van der Waals surface area contributed by atoms with E-state index in [0.29, 0.717) is 4.60 Å². The number of H-pyrrole nitrogens is 1. The predicted octanol–water partition coefficient (Wildman–Crippen LogP) is 2.63. The fourth-order valence-electron chi connectivity index (χ4n) is 1.32. The Morgan fingerprint density at radius 1 is 1.38 bits per heavy atom. The van der Waals surface area contributed by atoms with Gasteiger partial charge in [0, 0.05) is 10.9 Å². The number of hydrogen-bond donors (Lipinski definition) is 2.